The summed E-state index contributed by atoms with van der Waals surface area (Å²) in [5, 5.41) is 6.81. The van der Waals surface area contributed by atoms with Crippen molar-refractivity contribution in [3.63, 3.8) is 0 Å². The molecular formula is C15H13FN4O. The number of carbonyl (C=O) groups is 1. The molecule has 0 aliphatic heterocycles. The molecule has 0 bridgehead atoms. The van der Waals surface area contributed by atoms with Crippen LogP contribution >= 0.6 is 0 Å². The van der Waals surface area contributed by atoms with Gasteiger partial charge in [0, 0.05) is 30.6 Å². The number of fused-ring (bicyclic) bond motifs is 1. The topological polar surface area (TPSA) is 59.3 Å². The van der Waals surface area contributed by atoms with E-state index in [1.165, 1.54) is 6.07 Å². The smallest absolute Gasteiger partial charge is 0.272 e. The van der Waals surface area contributed by atoms with Crippen molar-refractivity contribution in [3.05, 3.63) is 65.4 Å². The van der Waals surface area contributed by atoms with E-state index in [9.17, 15) is 9.18 Å². The van der Waals surface area contributed by atoms with Gasteiger partial charge < -0.3 is 5.32 Å². The lowest BCUT2D eigenvalue weighted by Gasteiger charge is -2.04. The summed E-state index contributed by atoms with van der Waals surface area (Å²) in [6.45, 7) is 2.01. The number of hydrogen-bond donors (Lipinski definition) is 1. The lowest BCUT2D eigenvalue weighted by atomic mass is 10.2. The third-order valence-electron chi connectivity index (χ3n) is 3.07. The second-order valence-corrected chi connectivity index (χ2v) is 4.74. The van der Waals surface area contributed by atoms with Gasteiger partial charge in [-0.25, -0.2) is 13.9 Å². The van der Waals surface area contributed by atoms with Crippen molar-refractivity contribution >= 4 is 11.6 Å². The summed E-state index contributed by atoms with van der Waals surface area (Å²) in [5.74, 6) is -0.702. The number of rotatable bonds is 3. The Balaban J connectivity index is 1.76. The highest BCUT2D eigenvalue weighted by Gasteiger charge is 2.12. The maximum absolute atomic E-state index is 13.5. The van der Waals surface area contributed by atoms with Gasteiger partial charge in [-0.15, -0.1) is 0 Å². The third kappa shape index (κ3) is 2.74. The Morgan fingerprint density at radius 1 is 1.38 bits per heavy atom. The fraction of sp³-hybridized carbons (Fsp3) is 0.133. The molecule has 0 saturated heterocycles. The molecule has 2 aromatic heterocycles. The van der Waals surface area contributed by atoms with Gasteiger partial charge in [-0.2, -0.15) is 5.10 Å². The average Bonchev–Trinajstić information content (AvgIpc) is 2.89. The SMILES string of the molecule is Cc1cnc2cc(C(=O)NCc3ccccc3F)nn2c1. The lowest BCUT2D eigenvalue weighted by molar-refractivity contribution is 0.0945. The maximum Gasteiger partial charge on any atom is 0.272 e. The predicted octanol–water partition coefficient (Wildman–Crippen LogP) is 2.11. The molecule has 3 aromatic rings. The van der Waals surface area contributed by atoms with Gasteiger partial charge in [0.25, 0.3) is 5.91 Å². The van der Waals surface area contributed by atoms with Crippen LogP contribution in [0.5, 0.6) is 0 Å². The minimum absolute atomic E-state index is 0.117. The molecule has 21 heavy (non-hydrogen) atoms. The molecule has 1 amide bonds. The summed E-state index contributed by atoms with van der Waals surface area (Å²) in [5.41, 5.74) is 2.23. The summed E-state index contributed by atoms with van der Waals surface area (Å²) >= 11 is 0. The second-order valence-electron chi connectivity index (χ2n) is 4.74. The third-order valence-corrected chi connectivity index (χ3v) is 3.07. The molecule has 0 fully saturated rings. The standard InChI is InChI=1S/C15H13FN4O/c1-10-7-17-14-6-13(19-20(14)9-10)15(21)18-8-11-4-2-3-5-12(11)16/h2-7,9H,8H2,1H3,(H,18,21). The highest BCUT2D eigenvalue weighted by molar-refractivity contribution is 5.93. The summed E-state index contributed by atoms with van der Waals surface area (Å²) in [6.07, 6.45) is 3.49. The van der Waals surface area contributed by atoms with Crippen molar-refractivity contribution < 1.29 is 9.18 Å². The number of carbonyl (C=O) groups excluding carboxylic acids is 1. The van der Waals surface area contributed by atoms with E-state index in [0.29, 0.717) is 11.2 Å². The van der Waals surface area contributed by atoms with Crippen LogP contribution in [0.4, 0.5) is 4.39 Å². The van der Waals surface area contributed by atoms with Crippen molar-refractivity contribution in [2.75, 3.05) is 0 Å². The molecule has 0 saturated carbocycles. The summed E-state index contributed by atoms with van der Waals surface area (Å²) in [7, 11) is 0. The van der Waals surface area contributed by atoms with E-state index in [4.69, 9.17) is 0 Å². The lowest BCUT2D eigenvalue weighted by Crippen LogP contribution is -2.23. The molecule has 5 nitrogen and oxygen atoms in total. The van der Waals surface area contributed by atoms with E-state index in [0.717, 1.165) is 5.56 Å². The van der Waals surface area contributed by atoms with E-state index in [2.05, 4.69) is 15.4 Å². The number of benzene rings is 1. The molecule has 0 spiro atoms. The van der Waals surface area contributed by atoms with Crippen LogP contribution in [0.1, 0.15) is 21.6 Å². The molecule has 106 valence electrons. The van der Waals surface area contributed by atoms with Crippen LogP contribution in [-0.2, 0) is 6.54 Å². The summed E-state index contributed by atoms with van der Waals surface area (Å²) < 4.78 is 15.0. The van der Waals surface area contributed by atoms with Crippen LogP contribution in [-0.4, -0.2) is 20.5 Å². The number of halogens is 1. The Morgan fingerprint density at radius 3 is 3.00 bits per heavy atom. The van der Waals surface area contributed by atoms with Gasteiger partial charge in [0.1, 0.15) is 5.82 Å². The summed E-state index contributed by atoms with van der Waals surface area (Å²) in [6, 6.07) is 7.92. The molecule has 1 N–H and O–H groups in total. The number of hydrogen-bond acceptors (Lipinski definition) is 3. The van der Waals surface area contributed by atoms with Crippen molar-refractivity contribution in [2.45, 2.75) is 13.5 Å². The number of amides is 1. The molecule has 0 unspecified atom stereocenters. The first-order valence-corrected chi connectivity index (χ1v) is 6.47. The molecule has 0 aliphatic carbocycles. The average molecular weight is 284 g/mol. The van der Waals surface area contributed by atoms with Gasteiger partial charge in [-0.05, 0) is 18.6 Å². The van der Waals surface area contributed by atoms with Crippen LogP contribution < -0.4 is 5.32 Å². The van der Waals surface area contributed by atoms with Crippen LogP contribution in [0.25, 0.3) is 5.65 Å². The zero-order valence-corrected chi connectivity index (χ0v) is 11.4. The Labute approximate surface area is 120 Å². The molecule has 2 heterocycles. The normalized spacial score (nSPS) is 10.8. The number of aryl methyl sites for hydroxylation is 1. The molecule has 1 aromatic carbocycles. The minimum atomic E-state index is -0.360. The first kappa shape index (κ1) is 13.2. The Kier molecular flexibility index (Phi) is 3.35. The first-order valence-electron chi connectivity index (χ1n) is 6.47. The van der Waals surface area contributed by atoms with Crippen molar-refractivity contribution in [2.24, 2.45) is 0 Å². The van der Waals surface area contributed by atoms with Crippen LogP contribution in [0.2, 0.25) is 0 Å². The van der Waals surface area contributed by atoms with E-state index in [1.807, 2.05) is 6.92 Å². The highest BCUT2D eigenvalue weighted by Crippen LogP contribution is 2.08. The van der Waals surface area contributed by atoms with Crippen molar-refractivity contribution in [3.8, 4) is 0 Å². The Hall–Kier alpha value is -2.76. The minimum Gasteiger partial charge on any atom is -0.346 e. The zero-order chi connectivity index (χ0) is 14.8. The Bertz CT molecular complexity index is 812. The van der Waals surface area contributed by atoms with Gasteiger partial charge >= 0.3 is 0 Å². The van der Waals surface area contributed by atoms with Gasteiger partial charge in [-0.3, -0.25) is 4.79 Å². The fourth-order valence-electron chi connectivity index (χ4n) is 1.99. The second kappa shape index (κ2) is 5.32. The monoisotopic (exact) mass is 284 g/mol. The van der Waals surface area contributed by atoms with Gasteiger partial charge in [0.15, 0.2) is 11.3 Å². The molecule has 3 rings (SSSR count). The van der Waals surface area contributed by atoms with Gasteiger partial charge in [0.2, 0.25) is 0 Å². The molecule has 0 radical (unpaired) electrons. The number of nitrogens with one attached hydrogen (secondary N) is 1. The largest absolute Gasteiger partial charge is 0.346 e. The molecule has 6 heteroatoms. The fourth-order valence-corrected chi connectivity index (χ4v) is 1.99. The molecule has 0 atom stereocenters. The molecular weight excluding hydrogens is 271 g/mol. The van der Waals surface area contributed by atoms with E-state index in [-0.39, 0.29) is 24.0 Å². The van der Waals surface area contributed by atoms with Crippen molar-refractivity contribution in [1.82, 2.24) is 19.9 Å². The first-order chi connectivity index (χ1) is 10.1. The predicted molar refractivity (Wildman–Crippen MR) is 75.3 cm³/mol. The number of aromatic nitrogens is 3. The van der Waals surface area contributed by atoms with Crippen molar-refractivity contribution in [1.29, 1.82) is 0 Å². The summed E-state index contributed by atoms with van der Waals surface area (Å²) in [4.78, 5) is 16.2. The zero-order valence-electron chi connectivity index (χ0n) is 11.4. The highest BCUT2D eigenvalue weighted by atomic mass is 19.1. The number of nitrogens with zero attached hydrogens (tertiary/aromatic N) is 3. The van der Waals surface area contributed by atoms with Crippen LogP contribution in [0.3, 0.4) is 0 Å². The van der Waals surface area contributed by atoms with E-state index >= 15 is 0 Å². The van der Waals surface area contributed by atoms with Crippen LogP contribution in [0, 0.1) is 12.7 Å². The maximum atomic E-state index is 13.5. The van der Waals surface area contributed by atoms with E-state index in [1.54, 1.807) is 41.2 Å². The van der Waals surface area contributed by atoms with Gasteiger partial charge in [-0.1, -0.05) is 18.2 Å². The quantitative estimate of drug-likeness (QED) is 0.801. The van der Waals surface area contributed by atoms with Gasteiger partial charge in [0.05, 0.1) is 0 Å². The van der Waals surface area contributed by atoms with E-state index < -0.39 is 0 Å². The van der Waals surface area contributed by atoms with Crippen LogP contribution in [0.15, 0.2) is 42.7 Å². The molecule has 0 aliphatic rings. The Morgan fingerprint density at radius 2 is 2.19 bits per heavy atom.